The molecule has 3 N–H and O–H groups in total. The first-order valence-electron chi connectivity index (χ1n) is 6.64. The van der Waals surface area contributed by atoms with Crippen LogP contribution in [0.3, 0.4) is 0 Å². The molecule has 0 spiro atoms. The maximum atomic E-state index is 13.5. The zero-order valence-electron chi connectivity index (χ0n) is 12.4. The summed E-state index contributed by atoms with van der Waals surface area (Å²) in [5.41, 5.74) is 7.77. The molecule has 2 rings (SSSR count). The molecule has 2 aromatic rings. The van der Waals surface area contributed by atoms with Crippen molar-refractivity contribution in [3.05, 3.63) is 52.1 Å². The second kappa shape index (κ2) is 5.73. The van der Waals surface area contributed by atoms with Crippen molar-refractivity contribution >= 4 is 0 Å². The molecule has 20 heavy (non-hydrogen) atoms. The molecule has 0 amide bonds. The van der Waals surface area contributed by atoms with Gasteiger partial charge in [0, 0.05) is 12.7 Å². The van der Waals surface area contributed by atoms with Crippen molar-refractivity contribution in [3.63, 3.8) is 0 Å². The summed E-state index contributed by atoms with van der Waals surface area (Å²) in [6.07, 6.45) is 0.685. The lowest BCUT2D eigenvalue weighted by molar-refractivity contribution is 0.541. The molecule has 1 aromatic carbocycles. The number of nitrogens with two attached hydrogens (primary N) is 1. The highest BCUT2D eigenvalue weighted by molar-refractivity contribution is 5.31. The largest absolute Gasteiger partial charge is 0.272 e. The zero-order chi connectivity index (χ0) is 14.9. The molecule has 5 heteroatoms. The second-order valence-corrected chi connectivity index (χ2v) is 5.26. The van der Waals surface area contributed by atoms with E-state index in [0.717, 1.165) is 28.1 Å². The fraction of sp³-hybridized carbons (Fsp3) is 0.400. The third-order valence-corrected chi connectivity index (χ3v) is 3.74. The Morgan fingerprint density at radius 1 is 1.30 bits per heavy atom. The number of hydrazine groups is 1. The van der Waals surface area contributed by atoms with E-state index in [-0.39, 0.29) is 11.9 Å². The Kier molecular flexibility index (Phi) is 4.20. The summed E-state index contributed by atoms with van der Waals surface area (Å²) in [4.78, 5) is 0. The minimum absolute atomic E-state index is 0.133. The van der Waals surface area contributed by atoms with Crippen molar-refractivity contribution in [2.24, 2.45) is 12.9 Å². The Labute approximate surface area is 118 Å². The summed E-state index contributed by atoms with van der Waals surface area (Å²) in [7, 11) is 1.92. The van der Waals surface area contributed by atoms with Gasteiger partial charge in [0.2, 0.25) is 0 Å². The Balaban J connectivity index is 2.33. The topological polar surface area (TPSA) is 55.9 Å². The zero-order valence-corrected chi connectivity index (χ0v) is 12.4. The summed E-state index contributed by atoms with van der Waals surface area (Å²) in [6.45, 7) is 5.88. The number of halogens is 1. The molecule has 0 saturated carbocycles. The van der Waals surface area contributed by atoms with Gasteiger partial charge in [-0.15, -0.1) is 0 Å². The molecule has 1 atom stereocenters. The lowest BCUT2D eigenvalue weighted by Gasteiger charge is -2.17. The summed E-state index contributed by atoms with van der Waals surface area (Å²) < 4.78 is 15.4. The summed E-state index contributed by atoms with van der Waals surface area (Å²) >= 11 is 0. The fourth-order valence-corrected chi connectivity index (χ4v) is 2.56. The van der Waals surface area contributed by atoms with E-state index < -0.39 is 0 Å². The maximum absolute atomic E-state index is 13.5. The highest BCUT2D eigenvalue weighted by Crippen LogP contribution is 2.23. The van der Waals surface area contributed by atoms with Crippen molar-refractivity contribution < 1.29 is 4.39 Å². The van der Waals surface area contributed by atoms with Gasteiger partial charge >= 0.3 is 0 Å². The molecule has 4 nitrogen and oxygen atoms in total. The minimum atomic E-state index is -0.236. The van der Waals surface area contributed by atoms with Crippen molar-refractivity contribution in [1.29, 1.82) is 0 Å². The third-order valence-electron chi connectivity index (χ3n) is 3.74. The van der Waals surface area contributed by atoms with Crippen LogP contribution in [0.15, 0.2) is 18.2 Å². The standard InChI is InChI=1S/C15H21FN4/c1-9-5-12(7-13(16)6-9)15(18-17)8-14-10(2)19-20(4)11(14)3/h5-7,15,18H,8,17H2,1-4H3. The first-order chi connectivity index (χ1) is 9.42. The number of benzene rings is 1. The Hall–Kier alpha value is -1.72. The average Bonchev–Trinajstić information content (AvgIpc) is 2.60. The molecule has 0 aliphatic heterocycles. The number of nitrogens with zero attached hydrogens (tertiary/aromatic N) is 2. The van der Waals surface area contributed by atoms with Crippen molar-refractivity contribution in [2.45, 2.75) is 33.2 Å². The monoisotopic (exact) mass is 276 g/mol. The predicted octanol–water partition coefficient (Wildman–Crippen LogP) is 2.23. The third kappa shape index (κ3) is 2.89. The van der Waals surface area contributed by atoms with Gasteiger partial charge in [-0.05, 0) is 56.0 Å². The van der Waals surface area contributed by atoms with Crippen LogP contribution in [0.4, 0.5) is 4.39 Å². The lowest BCUT2D eigenvalue weighted by atomic mass is 9.97. The summed E-state index contributed by atoms with van der Waals surface area (Å²) in [6, 6.07) is 4.86. The van der Waals surface area contributed by atoms with Crippen LogP contribution in [0.5, 0.6) is 0 Å². The normalized spacial score (nSPS) is 12.7. The predicted molar refractivity (Wildman–Crippen MR) is 77.6 cm³/mol. The molecule has 1 unspecified atom stereocenters. The second-order valence-electron chi connectivity index (χ2n) is 5.26. The fourth-order valence-electron chi connectivity index (χ4n) is 2.56. The number of hydrogen-bond acceptors (Lipinski definition) is 3. The van der Waals surface area contributed by atoms with Crippen LogP contribution in [0.2, 0.25) is 0 Å². The number of aryl methyl sites for hydroxylation is 3. The van der Waals surface area contributed by atoms with Gasteiger partial charge in [-0.1, -0.05) is 6.07 Å². The first-order valence-corrected chi connectivity index (χ1v) is 6.64. The van der Waals surface area contributed by atoms with Crippen LogP contribution in [0, 0.1) is 26.6 Å². The van der Waals surface area contributed by atoms with Crippen molar-refractivity contribution in [3.8, 4) is 0 Å². The van der Waals surface area contributed by atoms with Crippen LogP contribution in [-0.4, -0.2) is 9.78 Å². The molecule has 0 bridgehead atoms. The molecule has 0 fully saturated rings. The van der Waals surface area contributed by atoms with Crippen LogP contribution >= 0.6 is 0 Å². The average molecular weight is 276 g/mol. The Bertz CT molecular complexity index is 598. The van der Waals surface area contributed by atoms with Gasteiger partial charge in [-0.2, -0.15) is 5.10 Å². The van der Waals surface area contributed by atoms with Crippen LogP contribution in [0.1, 0.15) is 34.1 Å². The van der Waals surface area contributed by atoms with E-state index in [2.05, 4.69) is 10.5 Å². The van der Waals surface area contributed by atoms with Gasteiger partial charge in [0.25, 0.3) is 0 Å². The maximum Gasteiger partial charge on any atom is 0.123 e. The number of rotatable bonds is 4. The number of aromatic nitrogens is 2. The Morgan fingerprint density at radius 2 is 2.00 bits per heavy atom. The van der Waals surface area contributed by atoms with Crippen molar-refractivity contribution in [1.82, 2.24) is 15.2 Å². The quantitative estimate of drug-likeness (QED) is 0.665. The summed E-state index contributed by atoms with van der Waals surface area (Å²) in [5.74, 6) is 5.42. The van der Waals surface area contributed by atoms with Crippen LogP contribution < -0.4 is 11.3 Å². The van der Waals surface area contributed by atoms with Gasteiger partial charge in [0.05, 0.1) is 11.7 Å². The smallest absolute Gasteiger partial charge is 0.123 e. The highest BCUT2D eigenvalue weighted by atomic mass is 19.1. The van der Waals surface area contributed by atoms with Gasteiger partial charge in [0.15, 0.2) is 0 Å². The SMILES string of the molecule is Cc1cc(F)cc(C(Cc2c(C)nn(C)c2C)NN)c1. The van der Waals surface area contributed by atoms with E-state index in [4.69, 9.17) is 5.84 Å². The van der Waals surface area contributed by atoms with Gasteiger partial charge in [-0.3, -0.25) is 16.0 Å². The molecule has 0 saturated heterocycles. The van der Waals surface area contributed by atoms with Crippen LogP contribution in [-0.2, 0) is 13.5 Å². The first kappa shape index (κ1) is 14.7. The molecule has 1 heterocycles. The lowest BCUT2D eigenvalue weighted by Crippen LogP contribution is -2.30. The Morgan fingerprint density at radius 3 is 2.50 bits per heavy atom. The van der Waals surface area contributed by atoms with Gasteiger partial charge in [0.1, 0.15) is 5.82 Å². The highest BCUT2D eigenvalue weighted by Gasteiger charge is 2.17. The number of nitrogens with one attached hydrogen (secondary N) is 1. The molecule has 0 radical (unpaired) electrons. The van der Waals surface area contributed by atoms with E-state index >= 15 is 0 Å². The molecular formula is C15H21FN4. The molecule has 1 aromatic heterocycles. The van der Waals surface area contributed by atoms with E-state index in [1.165, 1.54) is 12.1 Å². The van der Waals surface area contributed by atoms with Gasteiger partial charge in [-0.25, -0.2) is 4.39 Å². The molecular weight excluding hydrogens is 255 g/mol. The molecule has 0 aliphatic rings. The summed E-state index contributed by atoms with van der Waals surface area (Å²) in [5, 5.41) is 4.40. The van der Waals surface area contributed by atoms with Gasteiger partial charge < -0.3 is 0 Å². The van der Waals surface area contributed by atoms with E-state index in [1.54, 1.807) is 0 Å². The van der Waals surface area contributed by atoms with Crippen LogP contribution in [0.25, 0.3) is 0 Å². The van der Waals surface area contributed by atoms with E-state index in [9.17, 15) is 4.39 Å². The molecule has 108 valence electrons. The van der Waals surface area contributed by atoms with Crippen molar-refractivity contribution in [2.75, 3.05) is 0 Å². The molecule has 0 aliphatic carbocycles. The van der Waals surface area contributed by atoms with E-state index in [1.807, 2.05) is 38.6 Å². The minimum Gasteiger partial charge on any atom is -0.272 e. The number of hydrogen-bond donors (Lipinski definition) is 2. The van der Waals surface area contributed by atoms with E-state index in [0.29, 0.717) is 6.42 Å².